The fourth-order valence-corrected chi connectivity index (χ4v) is 3.51. The Kier molecular flexibility index (Phi) is 5.66. The molecule has 21 heavy (non-hydrogen) atoms. The number of benzene rings is 1. The first-order valence-electron chi connectivity index (χ1n) is 5.85. The van der Waals surface area contributed by atoms with Gasteiger partial charge in [0.05, 0.1) is 11.6 Å². The molecular weight excluding hydrogens is 323 g/mol. The molecule has 0 unspecified atom stereocenters. The van der Waals surface area contributed by atoms with Crippen molar-refractivity contribution >= 4 is 27.6 Å². The van der Waals surface area contributed by atoms with Gasteiger partial charge in [-0.15, -0.1) is 0 Å². The molecule has 0 spiro atoms. The Labute approximate surface area is 126 Å². The zero-order chi connectivity index (χ0) is 16.2. The summed E-state index contributed by atoms with van der Waals surface area (Å²) in [4.78, 5) is 10.1. The van der Waals surface area contributed by atoms with Crippen LogP contribution in [0.2, 0.25) is 5.02 Å². The van der Waals surface area contributed by atoms with E-state index in [0.717, 1.165) is 16.4 Å². The van der Waals surface area contributed by atoms with Crippen LogP contribution in [-0.2, 0) is 10.0 Å². The van der Waals surface area contributed by atoms with Gasteiger partial charge < -0.3 is 5.11 Å². The highest BCUT2D eigenvalue weighted by Gasteiger charge is 2.29. The SMILES string of the molecule is CCN(CCC#N)S(=O)(=O)c1cc(Cl)cc(C(=O)O)c1F. The van der Waals surface area contributed by atoms with Crippen LogP contribution in [0.3, 0.4) is 0 Å². The number of carboxylic acid groups (broad SMARTS) is 1. The van der Waals surface area contributed by atoms with E-state index in [1.807, 2.05) is 0 Å². The molecule has 0 amide bonds. The van der Waals surface area contributed by atoms with E-state index in [1.54, 1.807) is 6.07 Å². The minimum Gasteiger partial charge on any atom is -0.478 e. The molecule has 0 aliphatic heterocycles. The lowest BCUT2D eigenvalue weighted by atomic mass is 10.2. The van der Waals surface area contributed by atoms with Crippen LogP contribution in [-0.4, -0.2) is 36.9 Å². The number of nitrogens with zero attached hydrogens (tertiary/aromatic N) is 2. The molecule has 0 radical (unpaired) electrons. The first kappa shape index (κ1) is 17.4. The van der Waals surface area contributed by atoms with Crippen molar-refractivity contribution in [2.24, 2.45) is 0 Å². The second kappa shape index (κ2) is 6.85. The molecule has 9 heteroatoms. The van der Waals surface area contributed by atoms with Gasteiger partial charge >= 0.3 is 5.97 Å². The molecule has 0 aliphatic rings. The summed E-state index contributed by atoms with van der Waals surface area (Å²) in [6, 6.07) is 3.48. The van der Waals surface area contributed by atoms with Crippen molar-refractivity contribution in [3.8, 4) is 6.07 Å². The third-order valence-corrected chi connectivity index (χ3v) is 4.87. The van der Waals surface area contributed by atoms with Crippen LogP contribution in [0.5, 0.6) is 0 Å². The topological polar surface area (TPSA) is 98.5 Å². The van der Waals surface area contributed by atoms with Gasteiger partial charge in [-0.25, -0.2) is 17.6 Å². The Bertz CT molecular complexity index is 700. The minimum absolute atomic E-state index is 0.0123. The van der Waals surface area contributed by atoms with Gasteiger partial charge in [0.2, 0.25) is 10.0 Å². The lowest BCUT2D eigenvalue weighted by molar-refractivity contribution is 0.0691. The van der Waals surface area contributed by atoms with E-state index in [9.17, 15) is 17.6 Å². The third-order valence-electron chi connectivity index (χ3n) is 2.68. The fraction of sp³-hybridized carbons (Fsp3) is 0.333. The standard InChI is InChI=1S/C12H12ClFN2O4S/c1-2-16(5-3-4-15)21(19,20)10-7-8(13)6-9(11(10)14)12(17)18/h6-7H,2-3,5H2,1H3,(H,17,18). The summed E-state index contributed by atoms with van der Waals surface area (Å²) in [5.41, 5.74) is -0.822. The van der Waals surface area contributed by atoms with Gasteiger partial charge in [0.25, 0.3) is 0 Å². The monoisotopic (exact) mass is 334 g/mol. The van der Waals surface area contributed by atoms with Gasteiger partial charge in [-0.05, 0) is 12.1 Å². The van der Waals surface area contributed by atoms with Crippen molar-refractivity contribution < 1.29 is 22.7 Å². The smallest absolute Gasteiger partial charge is 0.338 e. The van der Waals surface area contributed by atoms with E-state index in [4.69, 9.17) is 22.0 Å². The van der Waals surface area contributed by atoms with E-state index in [2.05, 4.69) is 0 Å². The Morgan fingerprint density at radius 1 is 1.52 bits per heavy atom. The summed E-state index contributed by atoms with van der Waals surface area (Å²) in [5, 5.41) is 17.2. The number of halogens is 2. The summed E-state index contributed by atoms with van der Waals surface area (Å²) in [6.45, 7) is 1.41. The number of carbonyl (C=O) groups is 1. The van der Waals surface area contributed by atoms with Crippen LogP contribution in [0, 0.1) is 17.1 Å². The van der Waals surface area contributed by atoms with Crippen molar-refractivity contribution in [1.82, 2.24) is 4.31 Å². The molecule has 0 heterocycles. The maximum atomic E-state index is 14.1. The minimum atomic E-state index is -4.27. The maximum absolute atomic E-state index is 14.1. The van der Waals surface area contributed by atoms with Gasteiger partial charge in [-0.2, -0.15) is 9.57 Å². The van der Waals surface area contributed by atoms with Crippen molar-refractivity contribution in [3.05, 3.63) is 28.5 Å². The molecule has 0 aliphatic carbocycles. The highest BCUT2D eigenvalue weighted by molar-refractivity contribution is 7.89. The number of hydrogen-bond donors (Lipinski definition) is 1. The van der Waals surface area contributed by atoms with E-state index >= 15 is 0 Å². The zero-order valence-electron chi connectivity index (χ0n) is 11.0. The molecular formula is C12H12ClFN2O4S. The number of hydrogen-bond acceptors (Lipinski definition) is 4. The van der Waals surface area contributed by atoms with E-state index in [0.29, 0.717) is 0 Å². The second-order valence-electron chi connectivity index (χ2n) is 3.98. The second-order valence-corrected chi connectivity index (χ2v) is 6.32. The largest absolute Gasteiger partial charge is 0.478 e. The highest BCUT2D eigenvalue weighted by atomic mass is 35.5. The van der Waals surface area contributed by atoms with Crippen molar-refractivity contribution in [1.29, 1.82) is 5.26 Å². The summed E-state index contributed by atoms with van der Waals surface area (Å²) >= 11 is 5.66. The van der Waals surface area contributed by atoms with E-state index in [1.165, 1.54) is 6.92 Å². The van der Waals surface area contributed by atoms with Crippen LogP contribution < -0.4 is 0 Å². The molecule has 0 saturated heterocycles. The Morgan fingerprint density at radius 2 is 2.14 bits per heavy atom. The quantitative estimate of drug-likeness (QED) is 0.859. The molecule has 6 nitrogen and oxygen atoms in total. The highest BCUT2D eigenvalue weighted by Crippen LogP contribution is 2.26. The third kappa shape index (κ3) is 3.69. The van der Waals surface area contributed by atoms with Crippen LogP contribution in [0.25, 0.3) is 0 Å². The summed E-state index contributed by atoms with van der Waals surface area (Å²) in [5.74, 6) is -2.99. The molecule has 1 N–H and O–H groups in total. The maximum Gasteiger partial charge on any atom is 0.338 e. The van der Waals surface area contributed by atoms with E-state index in [-0.39, 0.29) is 24.5 Å². The number of aromatic carboxylic acids is 1. The number of sulfonamides is 1. The molecule has 114 valence electrons. The Morgan fingerprint density at radius 3 is 2.62 bits per heavy atom. The lowest BCUT2D eigenvalue weighted by Crippen LogP contribution is -2.32. The first-order chi connectivity index (χ1) is 9.75. The van der Waals surface area contributed by atoms with Crippen LogP contribution >= 0.6 is 11.6 Å². The molecule has 0 aromatic heterocycles. The normalized spacial score (nSPS) is 11.4. The molecule has 0 bridgehead atoms. The molecule has 1 aromatic rings. The summed E-state index contributed by atoms with van der Waals surface area (Å²) in [6.07, 6.45) is -0.0684. The first-order valence-corrected chi connectivity index (χ1v) is 7.67. The predicted octanol–water partition coefficient (Wildman–Crippen LogP) is 2.10. The van der Waals surface area contributed by atoms with Crippen LogP contribution in [0.4, 0.5) is 4.39 Å². The predicted molar refractivity (Wildman–Crippen MR) is 73.0 cm³/mol. The molecule has 0 fully saturated rings. The molecule has 0 atom stereocenters. The van der Waals surface area contributed by atoms with Gasteiger partial charge in [-0.1, -0.05) is 18.5 Å². The number of nitriles is 1. The van der Waals surface area contributed by atoms with Crippen LogP contribution in [0.15, 0.2) is 17.0 Å². The van der Waals surface area contributed by atoms with Gasteiger partial charge in [0.1, 0.15) is 4.90 Å². The average molecular weight is 335 g/mol. The van der Waals surface area contributed by atoms with Crippen molar-refractivity contribution in [2.45, 2.75) is 18.2 Å². The zero-order valence-corrected chi connectivity index (χ0v) is 12.6. The van der Waals surface area contributed by atoms with Crippen molar-refractivity contribution in [2.75, 3.05) is 13.1 Å². The Balaban J connectivity index is 3.44. The van der Waals surface area contributed by atoms with Crippen LogP contribution in [0.1, 0.15) is 23.7 Å². The molecule has 1 rings (SSSR count). The average Bonchev–Trinajstić information content (AvgIpc) is 2.41. The van der Waals surface area contributed by atoms with Gasteiger partial charge in [0, 0.05) is 24.5 Å². The number of carboxylic acids is 1. The molecule has 1 aromatic carbocycles. The lowest BCUT2D eigenvalue weighted by Gasteiger charge is -2.20. The van der Waals surface area contributed by atoms with Gasteiger partial charge in [-0.3, -0.25) is 0 Å². The van der Waals surface area contributed by atoms with Gasteiger partial charge in [0.15, 0.2) is 5.82 Å². The fourth-order valence-electron chi connectivity index (χ4n) is 1.67. The number of rotatable bonds is 6. The van der Waals surface area contributed by atoms with Crippen molar-refractivity contribution in [3.63, 3.8) is 0 Å². The van der Waals surface area contributed by atoms with E-state index < -0.39 is 32.3 Å². The summed E-state index contributed by atoms with van der Waals surface area (Å²) in [7, 11) is -4.27. The Hall–Kier alpha value is -1.69. The summed E-state index contributed by atoms with van der Waals surface area (Å²) < 4.78 is 39.7. The molecule has 0 saturated carbocycles.